The Morgan fingerprint density at radius 2 is 1.85 bits per heavy atom. The molecule has 2 heterocycles. The van der Waals surface area contributed by atoms with Crippen LogP contribution in [0.2, 0.25) is 0 Å². The number of hydrogen-bond donors (Lipinski definition) is 1. The Bertz CT molecular complexity index is 456. The van der Waals surface area contributed by atoms with Crippen LogP contribution in [0.25, 0.3) is 0 Å². The predicted molar refractivity (Wildman–Crippen MR) is 83.3 cm³/mol. The van der Waals surface area contributed by atoms with Crippen LogP contribution in [0.3, 0.4) is 0 Å². The molecule has 3 rings (SSSR count). The molecule has 0 aromatic carbocycles. The zero-order valence-corrected chi connectivity index (χ0v) is 12.8. The van der Waals surface area contributed by atoms with Crippen molar-refractivity contribution in [1.82, 2.24) is 9.97 Å². The molecule has 1 aliphatic carbocycles. The predicted octanol–water partition coefficient (Wildman–Crippen LogP) is 3.24. The molecule has 1 aromatic heterocycles. The van der Waals surface area contributed by atoms with Gasteiger partial charge in [0.2, 0.25) is 0 Å². The molecule has 0 atom stereocenters. The Morgan fingerprint density at radius 3 is 2.45 bits per heavy atom. The second kappa shape index (κ2) is 5.58. The molecule has 110 valence electrons. The fraction of sp³-hybridized carbons (Fsp3) is 0.750. The first-order valence-corrected chi connectivity index (χ1v) is 8.04. The Hall–Kier alpha value is -1.32. The van der Waals surface area contributed by atoms with Crippen molar-refractivity contribution in [3.8, 4) is 0 Å². The fourth-order valence-corrected chi connectivity index (χ4v) is 4.03. The molecule has 1 aliphatic heterocycles. The van der Waals surface area contributed by atoms with Gasteiger partial charge in [-0.3, -0.25) is 0 Å². The molecule has 20 heavy (non-hydrogen) atoms. The van der Waals surface area contributed by atoms with Crippen LogP contribution in [-0.4, -0.2) is 30.1 Å². The van der Waals surface area contributed by atoms with E-state index in [9.17, 15) is 0 Å². The maximum atomic E-state index is 4.57. The first-order valence-electron chi connectivity index (χ1n) is 8.04. The van der Waals surface area contributed by atoms with E-state index in [1.165, 1.54) is 44.1 Å². The highest BCUT2D eigenvalue weighted by molar-refractivity contribution is 5.58. The van der Waals surface area contributed by atoms with Crippen LogP contribution in [0.1, 0.15) is 51.0 Å². The molecule has 1 aromatic rings. The number of nitrogens with one attached hydrogen (secondary N) is 1. The van der Waals surface area contributed by atoms with Crippen LogP contribution in [0.4, 0.5) is 11.6 Å². The Labute approximate surface area is 122 Å². The molecule has 0 amide bonds. The van der Waals surface area contributed by atoms with Gasteiger partial charge in [-0.1, -0.05) is 19.8 Å². The molecule has 2 aliphatic rings. The van der Waals surface area contributed by atoms with Gasteiger partial charge in [0, 0.05) is 25.7 Å². The quantitative estimate of drug-likeness (QED) is 0.918. The minimum Gasteiger partial charge on any atom is -0.373 e. The van der Waals surface area contributed by atoms with Crippen molar-refractivity contribution in [3.63, 3.8) is 0 Å². The number of rotatable bonds is 3. The summed E-state index contributed by atoms with van der Waals surface area (Å²) in [7, 11) is 1.94. The van der Waals surface area contributed by atoms with E-state index in [0.717, 1.165) is 31.1 Å². The molecular weight excluding hydrogens is 248 g/mol. The summed E-state index contributed by atoms with van der Waals surface area (Å²) in [6, 6.07) is 0. The lowest BCUT2D eigenvalue weighted by atomic mass is 9.77. The molecule has 1 saturated carbocycles. The highest BCUT2D eigenvalue weighted by atomic mass is 15.2. The average Bonchev–Trinajstić information content (AvgIpc) is 2.95. The first kappa shape index (κ1) is 13.7. The second-order valence-corrected chi connectivity index (χ2v) is 6.32. The Morgan fingerprint density at radius 1 is 1.15 bits per heavy atom. The van der Waals surface area contributed by atoms with E-state index < -0.39 is 0 Å². The largest absolute Gasteiger partial charge is 0.373 e. The second-order valence-electron chi connectivity index (χ2n) is 6.32. The number of aromatic nitrogens is 2. The van der Waals surface area contributed by atoms with E-state index in [4.69, 9.17) is 0 Å². The van der Waals surface area contributed by atoms with Crippen molar-refractivity contribution >= 4 is 11.6 Å². The van der Waals surface area contributed by atoms with E-state index in [1.54, 1.807) is 6.33 Å². The van der Waals surface area contributed by atoms with Crippen LogP contribution in [0, 0.1) is 5.41 Å². The molecular formula is C16H26N4. The van der Waals surface area contributed by atoms with Gasteiger partial charge < -0.3 is 10.2 Å². The van der Waals surface area contributed by atoms with Crippen molar-refractivity contribution in [2.24, 2.45) is 5.41 Å². The van der Waals surface area contributed by atoms with Gasteiger partial charge in [-0.05, 0) is 37.5 Å². The smallest absolute Gasteiger partial charge is 0.137 e. The Kier molecular flexibility index (Phi) is 3.81. The van der Waals surface area contributed by atoms with E-state index >= 15 is 0 Å². The molecule has 4 nitrogen and oxygen atoms in total. The van der Waals surface area contributed by atoms with Gasteiger partial charge in [-0.25, -0.2) is 9.97 Å². The van der Waals surface area contributed by atoms with Gasteiger partial charge >= 0.3 is 0 Å². The third kappa shape index (κ3) is 2.36. The average molecular weight is 274 g/mol. The van der Waals surface area contributed by atoms with Crippen LogP contribution >= 0.6 is 0 Å². The van der Waals surface area contributed by atoms with Gasteiger partial charge in [-0.2, -0.15) is 0 Å². The van der Waals surface area contributed by atoms with Crippen LogP contribution in [0.5, 0.6) is 0 Å². The molecule has 0 bridgehead atoms. The van der Waals surface area contributed by atoms with Gasteiger partial charge in [0.25, 0.3) is 0 Å². The molecule has 1 saturated heterocycles. The molecule has 1 N–H and O–H groups in total. The van der Waals surface area contributed by atoms with Gasteiger partial charge in [0.15, 0.2) is 0 Å². The highest BCUT2D eigenvalue weighted by Crippen LogP contribution is 2.46. The van der Waals surface area contributed by atoms with Gasteiger partial charge in [0.1, 0.15) is 18.0 Å². The number of nitrogens with zero attached hydrogens (tertiary/aromatic N) is 3. The minimum atomic E-state index is 0.668. The zero-order valence-electron chi connectivity index (χ0n) is 12.8. The van der Waals surface area contributed by atoms with E-state index in [1.807, 2.05) is 7.05 Å². The van der Waals surface area contributed by atoms with Crippen molar-refractivity contribution < 1.29 is 0 Å². The monoisotopic (exact) mass is 274 g/mol. The summed E-state index contributed by atoms with van der Waals surface area (Å²) in [5.41, 5.74) is 1.93. The summed E-state index contributed by atoms with van der Waals surface area (Å²) in [6.45, 7) is 4.51. The summed E-state index contributed by atoms with van der Waals surface area (Å²) >= 11 is 0. The molecule has 2 fully saturated rings. The van der Waals surface area contributed by atoms with Crippen molar-refractivity contribution in [3.05, 3.63) is 11.9 Å². The van der Waals surface area contributed by atoms with Crippen molar-refractivity contribution in [2.75, 3.05) is 30.4 Å². The number of hydrogen-bond acceptors (Lipinski definition) is 4. The van der Waals surface area contributed by atoms with Crippen molar-refractivity contribution in [1.29, 1.82) is 0 Å². The summed E-state index contributed by atoms with van der Waals surface area (Å²) in [6.07, 6.45) is 11.1. The standard InChI is InChI=1S/C16H26N4/c1-3-13-14(17-2)18-12-19-15(13)20-10-8-16(9-11-20)6-4-5-7-16/h12H,3-11H2,1-2H3,(H,17,18,19). The summed E-state index contributed by atoms with van der Waals surface area (Å²) in [5.74, 6) is 2.14. The van der Waals surface area contributed by atoms with E-state index in [2.05, 4.69) is 27.1 Å². The van der Waals surface area contributed by atoms with Gasteiger partial charge in [-0.15, -0.1) is 0 Å². The highest BCUT2D eigenvalue weighted by Gasteiger charge is 2.37. The van der Waals surface area contributed by atoms with Crippen LogP contribution < -0.4 is 10.2 Å². The first-order chi connectivity index (χ1) is 9.78. The van der Waals surface area contributed by atoms with Crippen molar-refractivity contribution in [2.45, 2.75) is 51.9 Å². The summed E-state index contributed by atoms with van der Waals surface area (Å²) < 4.78 is 0. The molecule has 1 spiro atoms. The SMILES string of the molecule is CCc1c(NC)ncnc1N1CCC2(CCCC2)CC1. The minimum absolute atomic E-state index is 0.668. The van der Waals surface area contributed by atoms with Crippen LogP contribution in [0.15, 0.2) is 6.33 Å². The summed E-state index contributed by atoms with van der Waals surface area (Å²) in [5, 5.41) is 3.20. The maximum Gasteiger partial charge on any atom is 0.137 e. The Balaban J connectivity index is 1.77. The third-order valence-corrected chi connectivity index (χ3v) is 5.30. The maximum absolute atomic E-state index is 4.57. The lowest BCUT2D eigenvalue weighted by molar-refractivity contribution is 0.226. The molecule has 4 heteroatoms. The number of anilines is 2. The third-order valence-electron chi connectivity index (χ3n) is 5.30. The molecule has 0 radical (unpaired) electrons. The van der Waals surface area contributed by atoms with Gasteiger partial charge in [0.05, 0.1) is 0 Å². The lowest BCUT2D eigenvalue weighted by Gasteiger charge is -2.40. The summed E-state index contributed by atoms with van der Waals surface area (Å²) in [4.78, 5) is 11.4. The fourth-order valence-electron chi connectivity index (χ4n) is 4.03. The van der Waals surface area contributed by atoms with Crippen LogP contribution in [-0.2, 0) is 6.42 Å². The normalized spacial score (nSPS) is 21.4. The topological polar surface area (TPSA) is 41.1 Å². The van der Waals surface area contributed by atoms with E-state index in [0.29, 0.717) is 5.41 Å². The lowest BCUT2D eigenvalue weighted by Crippen LogP contribution is -2.39. The van der Waals surface area contributed by atoms with E-state index in [-0.39, 0.29) is 0 Å². The zero-order chi connectivity index (χ0) is 14.0. The molecule has 0 unspecified atom stereocenters. The number of piperidine rings is 1.